The van der Waals surface area contributed by atoms with Crippen molar-refractivity contribution in [2.24, 2.45) is 17.8 Å². The predicted octanol–water partition coefficient (Wildman–Crippen LogP) is 4.17. The number of imide groups is 1. The Labute approximate surface area is 337 Å². The van der Waals surface area contributed by atoms with Gasteiger partial charge in [-0.3, -0.25) is 29.5 Å². The van der Waals surface area contributed by atoms with Crippen LogP contribution < -0.4 is 19.9 Å². The Morgan fingerprint density at radius 1 is 0.966 bits per heavy atom. The zero-order valence-corrected chi connectivity index (χ0v) is 33.5. The summed E-state index contributed by atoms with van der Waals surface area (Å²) in [6.07, 6.45) is 5.24. The van der Waals surface area contributed by atoms with Crippen molar-refractivity contribution in [1.82, 2.24) is 35.0 Å². The number of ether oxygens (including phenoxy) is 1. The highest BCUT2D eigenvalue weighted by Gasteiger charge is 2.56. The number of H-pyrrole nitrogens is 1. The second-order valence-electron chi connectivity index (χ2n) is 18.0. The molecule has 2 N–H and O–H groups in total. The van der Waals surface area contributed by atoms with E-state index in [2.05, 4.69) is 77.1 Å². The number of hydrogen-bond donors (Lipinski definition) is 2. The second-order valence-corrected chi connectivity index (χ2v) is 18.0. The monoisotopic (exact) mass is 789 g/mol. The van der Waals surface area contributed by atoms with Crippen LogP contribution in [0.15, 0.2) is 54.9 Å². The average molecular weight is 790 g/mol. The standard InChI is InChI=1S/C28H31N7O4.C16H21FN2/c36-25-3-2-22(26(37)31-25)35-10-16-8-23-24(9-18(16)27(35)38)39-15-17-11-32(6-7-34(17)23)12-19-20-13-33(14-21(19)20)28-29-4-1-5-30-28;1-11-8-13-12-6-4-5-7-14(12)18-15(13)9-19(11)10-16(2,3)17/h1,4-5,8-9,17,19-22H,2-3,6-7,10-15H2,(H,31,36,37);4-7,11,18H,8-10H2,1-3H3. The highest BCUT2D eigenvalue weighted by molar-refractivity contribution is 6.06. The van der Waals surface area contributed by atoms with Crippen molar-refractivity contribution in [2.45, 2.75) is 76.9 Å². The second kappa shape index (κ2) is 14.3. The zero-order valence-electron chi connectivity index (χ0n) is 33.5. The lowest BCUT2D eigenvalue weighted by Gasteiger charge is -2.46. The van der Waals surface area contributed by atoms with E-state index in [9.17, 15) is 18.8 Å². The van der Waals surface area contributed by atoms with E-state index >= 15 is 0 Å². The first-order valence-electron chi connectivity index (χ1n) is 20.9. The number of benzene rings is 2. The van der Waals surface area contributed by atoms with E-state index in [0.29, 0.717) is 37.7 Å². The number of carbonyl (C=O) groups is 3. The highest BCUT2D eigenvalue weighted by atomic mass is 19.1. The van der Waals surface area contributed by atoms with Crippen LogP contribution >= 0.6 is 0 Å². The first-order valence-corrected chi connectivity index (χ1v) is 20.9. The van der Waals surface area contributed by atoms with Crippen molar-refractivity contribution in [3.05, 3.63) is 77.2 Å². The third-order valence-electron chi connectivity index (χ3n) is 13.6. The van der Waals surface area contributed by atoms with Gasteiger partial charge in [-0.15, -0.1) is 0 Å². The van der Waals surface area contributed by atoms with Crippen molar-refractivity contribution >= 4 is 40.3 Å². The minimum atomic E-state index is -1.14. The molecule has 11 rings (SSSR count). The number of fused-ring (bicyclic) bond motifs is 8. The number of aromatic nitrogens is 3. The SMILES string of the molecule is CC1Cc2c([nH]c3ccccc23)CN1CC(C)(C)F.O=C1CCC(N2Cc3cc4c(cc3C2=O)OCC2CN(CC3C5CN(c6ncccn6)CC35)CCN42)C(=O)N1. The molecule has 4 fully saturated rings. The Bertz CT molecular complexity index is 2250. The lowest BCUT2D eigenvalue weighted by atomic mass is 9.96. The van der Waals surface area contributed by atoms with Crippen molar-refractivity contribution in [3.63, 3.8) is 0 Å². The van der Waals surface area contributed by atoms with Gasteiger partial charge in [-0.25, -0.2) is 14.4 Å². The van der Waals surface area contributed by atoms with Crippen LogP contribution in [0.2, 0.25) is 0 Å². The minimum Gasteiger partial charge on any atom is -0.489 e. The lowest BCUT2D eigenvalue weighted by Crippen LogP contribution is -2.57. The van der Waals surface area contributed by atoms with Crippen LogP contribution in [-0.4, -0.2) is 124 Å². The third-order valence-corrected chi connectivity index (χ3v) is 13.6. The van der Waals surface area contributed by atoms with Crippen molar-refractivity contribution in [2.75, 3.05) is 62.2 Å². The highest BCUT2D eigenvalue weighted by Crippen LogP contribution is 2.52. The molecule has 8 heterocycles. The summed E-state index contributed by atoms with van der Waals surface area (Å²) >= 11 is 0. The van der Waals surface area contributed by atoms with Gasteiger partial charge in [0.05, 0.1) is 11.7 Å². The number of nitrogens with one attached hydrogen (secondary N) is 2. The van der Waals surface area contributed by atoms with Crippen LogP contribution in [0.25, 0.3) is 10.9 Å². The van der Waals surface area contributed by atoms with Gasteiger partial charge in [-0.2, -0.15) is 0 Å². The van der Waals surface area contributed by atoms with E-state index in [-0.39, 0.29) is 30.2 Å². The fourth-order valence-electron chi connectivity index (χ4n) is 10.6. The van der Waals surface area contributed by atoms with Crippen LogP contribution in [0, 0.1) is 17.8 Å². The summed E-state index contributed by atoms with van der Waals surface area (Å²) in [5.41, 5.74) is 5.29. The van der Waals surface area contributed by atoms with E-state index in [1.165, 1.54) is 22.2 Å². The Morgan fingerprint density at radius 3 is 2.53 bits per heavy atom. The van der Waals surface area contributed by atoms with E-state index in [1.54, 1.807) is 18.7 Å². The molecule has 14 heteroatoms. The van der Waals surface area contributed by atoms with E-state index < -0.39 is 11.7 Å². The molecule has 0 radical (unpaired) electrons. The number of nitrogens with zero attached hydrogens (tertiary/aromatic N) is 7. The van der Waals surface area contributed by atoms with Gasteiger partial charge in [-0.05, 0) is 86.8 Å². The van der Waals surface area contributed by atoms with Crippen molar-refractivity contribution < 1.29 is 23.5 Å². The number of hydrogen-bond acceptors (Lipinski definition) is 10. The molecule has 13 nitrogen and oxygen atoms in total. The molecule has 58 heavy (non-hydrogen) atoms. The zero-order chi connectivity index (χ0) is 39.9. The molecule has 4 aromatic rings. The Morgan fingerprint density at radius 2 is 1.76 bits per heavy atom. The third kappa shape index (κ3) is 6.87. The lowest BCUT2D eigenvalue weighted by molar-refractivity contribution is -0.136. The number of anilines is 2. The molecule has 6 aliphatic heterocycles. The summed E-state index contributed by atoms with van der Waals surface area (Å²) in [6.45, 7) is 13.9. The number of para-hydroxylation sites is 1. The maximum absolute atomic E-state index is 13.9. The molecule has 3 amide bonds. The largest absolute Gasteiger partial charge is 0.489 e. The fraction of sp³-hybridized carbons (Fsp3) is 0.523. The van der Waals surface area contributed by atoms with Crippen LogP contribution in [-0.2, 0) is 29.1 Å². The number of carbonyl (C=O) groups excluding carboxylic acids is 3. The summed E-state index contributed by atoms with van der Waals surface area (Å²) in [5.74, 6) is 3.00. The first kappa shape index (κ1) is 37.2. The van der Waals surface area contributed by atoms with Crippen LogP contribution in [0.4, 0.5) is 16.0 Å². The maximum Gasteiger partial charge on any atom is 0.255 e. The predicted molar refractivity (Wildman–Crippen MR) is 217 cm³/mol. The molecule has 1 saturated carbocycles. The number of alkyl halides is 1. The maximum atomic E-state index is 13.9. The number of rotatable bonds is 6. The van der Waals surface area contributed by atoms with Gasteiger partial charge in [0.15, 0.2) is 0 Å². The van der Waals surface area contributed by atoms with E-state index in [1.807, 2.05) is 24.5 Å². The molecule has 3 saturated heterocycles. The number of amides is 3. The summed E-state index contributed by atoms with van der Waals surface area (Å²) in [4.78, 5) is 60.7. The summed E-state index contributed by atoms with van der Waals surface area (Å²) in [6, 6.07) is 14.3. The van der Waals surface area contributed by atoms with Crippen LogP contribution in [0.1, 0.15) is 60.8 Å². The van der Waals surface area contributed by atoms with Crippen LogP contribution in [0.3, 0.4) is 0 Å². The molecule has 2 aromatic heterocycles. The molecule has 5 unspecified atom stereocenters. The van der Waals surface area contributed by atoms with Gasteiger partial charge in [0.1, 0.15) is 24.1 Å². The molecule has 5 atom stereocenters. The van der Waals surface area contributed by atoms with Crippen molar-refractivity contribution in [3.8, 4) is 5.75 Å². The number of aromatic amines is 1. The van der Waals surface area contributed by atoms with E-state index in [4.69, 9.17) is 4.74 Å². The van der Waals surface area contributed by atoms with Crippen LogP contribution in [0.5, 0.6) is 5.75 Å². The topological polar surface area (TPSA) is 130 Å². The number of piperidine rings is 2. The Kier molecular flexibility index (Phi) is 9.19. The molecule has 304 valence electrons. The van der Waals surface area contributed by atoms with Gasteiger partial charge in [0.2, 0.25) is 17.8 Å². The average Bonchev–Trinajstić information content (AvgIpc) is 3.51. The molecule has 0 spiro atoms. The smallest absolute Gasteiger partial charge is 0.255 e. The van der Waals surface area contributed by atoms with Gasteiger partial charge >= 0.3 is 0 Å². The molecule has 7 aliphatic rings. The fourth-order valence-corrected chi connectivity index (χ4v) is 10.6. The van der Waals surface area contributed by atoms with Gasteiger partial charge < -0.3 is 24.4 Å². The first-order chi connectivity index (χ1) is 28.0. The number of halogens is 1. The Hall–Kier alpha value is -5.08. The van der Waals surface area contributed by atoms with Gasteiger partial charge in [-0.1, -0.05) is 18.2 Å². The molecule has 2 aromatic carbocycles. The van der Waals surface area contributed by atoms with Gasteiger partial charge in [0.25, 0.3) is 5.91 Å². The summed E-state index contributed by atoms with van der Waals surface area (Å²) in [5, 5.41) is 3.70. The Balaban J connectivity index is 0.000000180. The summed E-state index contributed by atoms with van der Waals surface area (Å²) < 4.78 is 20.1. The minimum absolute atomic E-state index is 0.162. The number of piperazine rings is 1. The van der Waals surface area contributed by atoms with E-state index in [0.717, 1.165) is 92.9 Å². The normalized spacial score (nSPS) is 27.9. The summed E-state index contributed by atoms with van der Waals surface area (Å²) in [7, 11) is 0. The van der Waals surface area contributed by atoms with Crippen molar-refractivity contribution in [1.29, 1.82) is 0 Å². The quantitative estimate of drug-likeness (QED) is 0.275. The molecular weight excluding hydrogens is 738 g/mol. The molecular formula is C44H52FN9O4. The molecule has 1 aliphatic carbocycles. The van der Waals surface area contributed by atoms with Gasteiger partial charge in [0, 0.05) is 106 Å². The molecule has 0 bridgehead atoms.